The number of carbonyl (C=O) groups excluding carboxylic acids is 1. The third-order valence-corrected chi connectivity index (χ3v) is 3.17. The Balaban J connectivity index is 1.94. The van der Waals surface area contributed by atoms with Gasteiger partial charge in [0.05, 0.1) is 19.4 Å². The lowest BCUT2D eigenvalue weighted by atomic mass is 10.0. The molecular formula is C15H20N2O4. The molecule has 0 unspecified atom stereocenters. The third-order valence-electron chi connectivity index (χ3n) is 3.17. The van der Waals surface area contributed by atoms with Gasteiger partial charge in [0.1, 0.15) is 5.75 Å². The van der Waals surface area contributed by atoms with Crippen LogP contribution in [0.15, 0.2) is 29.4 Å². The Morgan fingerprint density at radius 2 is 2.33 bits per heavy atom. The van der Waals surface area contributed by atoms with E-state index < -0.39 is 6.10 Å². The van der Waals surface area contributed by atoms with Crippen molar-refractivity contribution in [3.63, 3.8) is 0 Å². The molecule has 0 radical (unpaired) electrons. The van der Waals surface area contributed by atoms with E-state index in [1.54, 1.807) is 14.2 Å². The Labute approximate surface area is 124 Å². The van der Waals surface area contributed by atoms with E-state index in [1.807, 2.05) is 31.2 Å². The summed E-state index contributed by atoms with van der Waals surface area (Å²) in [5.41, 5.74) is 1.64. The van der Waals surface area contributed by atoms with Gasteiger partial charge in [-0.2, -0.15) is 0 Å². The second-order valence-electron chi connectivity index (χ2n) is 4.93. The summed E-state index contributed by atoms with van der Waals surface area (Å²) in [6, 6.07) is 7.46. The quantitative estimate of drug-likeness (QED) is 0.859. The van der Waals surface area contributed by atoms with Crippen LogP contribution in [0.25, 0.3) is 0 Å². The van der Waals surface area contributed by atoms with E-state index in [0.717, 1.165) is 17.0 Å². The van der Waals surface area contributed by atoms with Crippen LogP contribution in [0.2, 0.25) is 0 Å². The van der Waals surface area contributed by atoms with Crippen LogP contribution in [0.5, 0.6) is 5.75 Å². The Morgan fingerprint density at radius 3 is 3.05 bits per heavy atom. The number of carbonyl (C=O) groups is 1. The molecule has 1 heterocycles. The number of hydrogen-bond acceptors (Lipinski definition) is 5. The number of ether oxygens (including phenoxy) is 2. The third kappa shape index (κ3) is 3.95. The first-order valence-electron chi connectivity index (χ1n) is 6.80. The molecule has 2 atom stereocenters. The molecule has 1 amide bonds. The SMILES string of the molecule is COC[C@H](C)NC(=O)[C@@H]1CC(c2cccc(OC)c2)=NO1. The highest BCUT2D eigenvalue weighted by molar-refractivity contribution is 6.04. The second-order valence-corrected chi connectivity index (χ2v) is 4.93. The number of nitrogens with zero attached hydrogens (tertiary/aromatic N) is 1. The number of oxime groups is 1. The number of rotatable bonds is 6. The average molecular weight is 292 g/mol. The zero-order valence-corrected chi connectivity index (χ0v) is 12.5. The maximum absolute atomic E-state index is 12.0. The number of benzene rings is 1. The lowest BCUT2D eigenvalue weighted by molar-refractivity contribution is -0.132. The smallest absolute Gasteiger partial charge is 0.264 e. The van der Waals surface area contributed by atoms with Gasteiger partial charge >= 0.3 is 0 Å². The number of hydrogen-bond donors (Lipinski definition) is 1. The fourth-order valence-electron chi connectivity index (χ4n) is 2.12. The Morgan fingerprint density at radius 1 is 1.52 bits per heavy atom. The molecule has 114 valence electrons. The molecule has 1 aliphatic rings. The van der Waals surface area contributed by atoms with Crippen molar-refractivity contribution in [3.05, 3.63) is 29.8 Å². The van der Waals surface area contributed by atoms with Crippen molar-refractivity contribution in [1.82, 2.24) is 5.32 Å². The van der Waals surface area contributed by atoms with Crippen molar-refractivity contribution >= 4 is 11.6 Å². The highest BCUT2D eigenvalue weighted by Crippen LogP contribution is 2.20. The van der Waals surface area contributed by atoms with Crippen molar-refractivity contribution < 1.29 is 19.1 Å². The predicted molar refractivity (Wildman–Crippen MR) is 78.5 cm³/mol. The van der Waals surface area contributed by atoms with Crippen LogP contribution in [0.3, 0.4) is 0 Å². The van der Waals surface area contributed by atoms with Crippen LogP contribution in [-0.4, -0.2) is 44.6 Å². The second kappa shape index (κ2) is 7.08. The summed E-state index contributed by atoms with van der Waals surface area (Å²) in [6.07, 6.45) is -0.149. The maximum atomic E-state index is 12.0. The van der Waals surface area contributed by atoms with Crippen molar-refractivity contribution in [1.29, 1.82) is 0 Å². The molecule has 0 aromatic heterocycles. The van der Waals surface area contributed by atoms with Gasteiger partial charge < -0.3 is 19.6 Å². The van der Waals surface area contributed by atoms with Gasteiger partial charge in [-0.15, -0.1) is 0 Å². The highest BCUT2D eigenvalue weighted by atomic mass is 16.6. The normalized spacial score (nSPS) is 18.6. The first kappa shape index (κ1) is 15.3. The Hall–Kier alpha value is -2.08. The molecule has 6 nitrogen and oxygen atoms in total. The minimum absolute atomic E-state index is 0.0630. The molecule has 21 heavy (non-hydrogen) atoms. The molecule has 0 saturated heterocycles. The van der Waals surface area contributed by atoms with E-state index in [0.29, 0.717) is 13.0 Å². The summed E-state index contributed by atoms with van der Waals surface area (Å²) >= 11 is 0. The van der Waals surface area contributed by atoms with Gasteiger partial charge in [-0.1, -0.05) is 17.3 Å². The van der Waals surface area contributed by atoms with Gasteiger partial charge in [0.2, 0.25) is 6.10 Å². The van der Waals surface area contributed by atoms with Gasteiger partial charge in [-0.05, 0) is 19.1 Å². The molecule has 0 bridgehead atoms. The van der Waals surface area contributed by atoms with E-state index in [2.05, 4.69) is 10.5 Å². The minimum Gasteiger partial charge on any atom is -0.497 e. The molecule has 0 saturated carbocycles. The summed E-state index contributed by atoms with van der Waals surface area (Å²) < 4.78 is 10.2. The molecule has 0 fully saturated rings. The van der Waals surface area contributed by atoms with Crippen LogP contribution in [-0.2, 0) is 14.4 Å². The molecular weight excluding hydrogens is 272 g/mol. The van der Waals surface area contributed by atoms with Gasteiger partial charge in [-0.25, -0.2) is 0 Å². The first-order valence-corrected chi connectivity index (χ1v) is 6.80. The maximum Gasteiger partial charge on any atom is 0.264 e. The van der Waals surface area contributed by atoms with Crippen LogP contribution < -0.4 is 10.1 Å². The molecule has 1 aromatic carbocycles. The Bertz CT molecular complexity index is 530. The topological polar surface area (TPSA) is 69.2 Å². The van der Waals surface area contributed by atoms with E-state index in [9.17, 15) is 4.79 Å². The Kier molecular flexibility index (Phi) is 5.16. The molecule has 0 aliphatic carbocycles. The molecule has 1 aliphatic heterocycles. The van der Waals surface area contributed by atoms with Gasteiger partial charge in [0.15, 0.2) is 0 Å². The summed E-state index contributed by atoms with van der Waals surface area (Å²) in [6.45, 7) is 2.34. The lowest BCUT2D eigenvalue weighted by Gasteiger charge is -2.15. The number of methoxy groups -OCH3 is 2. The zero-order chi connectivity index (χ0) is 15.2. The fourth-order valence-corrected chi connectivity index (χ4v) is 2.12. The largest absolute Gasteiger partial charge is 0.497 e. The number of nitrogens with one attached hydrogen (secondary N) is 1. The van der Waals surface area contributed by atoms with Crippen molar-refractivity contribution in [2.24, 2.45) is 5.16 Å². The van der Waals surface area contributed by atoms with Crippen LogP contribution in [0.4, 0.5) is 0 Å². The summed E-state index contributed by atoms with van der Waals surface area (Å²) in [5, 5.41) is 6.84. The summed E-state index contributed by atoms with van der Waals surface area (Å²) in [7, 11) is 3.21. The fraction of sp³-hybridized carbons (Fsp3) is 0.467. The van der Waals surface area contributed by atoms with Crippen LogP contribution >= 0.6 is 0 Å². The van der Waals surface area contributed by atoms with Gasteiger partial charge in [-0.3, -0.25) is 4.79 Å². The van der Waals surface area contributed by atoms with Crippen molar-refractivity contribution in [2.75, 3.05) is 20.8 Å². The van der Waals surface area contributed by atoms with E-state index in [4.69, 9.17) is 14.3 Å². The zero-order valence-electron chi connectivity index (χ0n) is 12.5. The van der Waals surface area contributed by atoms with Gasteiger partial charge in [0, 0.05) is 25.1 Å². The van der Waals surface area contributed by atoms with Crippen molar-refractivity contribution in [3.8, 4) is 5.75 Å². The van der Waals surface area contributed by atoms with Crippen molar-refractivity contribution in [2.45, 2.75) is 25.5 Å². The lowest BCUT2D eigenvalue weighted by Crippen LogP contribution is -2.42. The minimum atomic E-state index is -0.592. The highest BCUT2D eigenvalue weighted by Gasteiger charge is 2.29. The van der Waals surface area contributed by atoms with Gasteiger partial charge in [0.25, 0.3) is 5.91 Å². The molecule has 2 rings (SSSR count). The van der Waals surface area contributed by atoms with Crippen LogP contribution in [0.1, 0.15) is 18.9 Å². The molecule has 6 heteroatoms. The predicted octanol–water partition coefficient (Wildman–Crippen LogP) is 1.34. The van der Waals surface area contributed by atoms with E-state index in [-0.39, 0.29) is 11.9 Å². The number of amides is 1. The molecule has 1 aromatic rings. The van der Waals surface area contributed by atoms with E-state index in [1.165, 1.54) is 0 Å². The summed E-state index contributed by atoms with van der Waals surface area (Å²) in [5.74, 6) is 0.568. The van der Waals surface area contributed by atoms with E-state index >= 15 is 0 Å². The summed E-state index contributed by atoms with van der Waals surface area (Å²) in [4.78, 5) is 17.3. The van der Waals surface area contributed by atoms with Crippen LogP contribution in [0, 0.1) is 0 Å². The standard InChI is InChI=1S/C15H20N2O4/c1-10(9-19-2)16-15(18)14-8-13(17-21-14)11-5-4-6-12(7-11)20-3/h4-7,10,14H,8-9H2,1-3H3,(H,16,18)/t10-,14-/m0/s1. The first-order chi connectivity index (χ1) is 10.1. The monoisotopic (exact) mass is 292 g/mol. The molecule has 1 N–H and O–H groups in total. The molecule has 0 spiro atoms. The average Bonchev–Trinajstić information content (AvgIpc) is 2.97.